The zero-order valence-corrected chi connectivity index (χ0v) is 20.8. The van der Waals surface area contributed by atoms with Gasteiger partial charge in [0.15, 0.2) is 0 Å². The Morgan fingerprint density at radius 1 is 1.12 bits per heavy atom. The van der Waals surface area contributed by atoms with Gasteiger partial charge in [0.05, 0.1) is 0 Å². The predicted molar refractivity (Wildman–Crippen MR) is 142 cm³/mol. The van der Waals surface area contributed by atoms with E-state index >= 15 is 0 Å². The maximum Gasteiger partial charge on any atom is 0.136 e. The van der Waals surface area contributed by atoms with Crippen molar-refractivity contribution < 1.29 is 0 Å². The van der Waals surface area contributed by atoms with E-state index in [1.54, 1.807) is 0 Å². The lowest BCUT2D eigenvalue weighted by Crippen LogP contribution is -2.43. The van der Waals surface area contributed by atoms with Gasteiger partial charge in [-0.3, -0.25) is 0 Å². The highest BCUT2D eigenvalue weighted by Crippen LogP contribution is 2.50. The molecular formula is C29H35ClN4. The number of allylic oxidation sites excluding steroid dienone is 2. The first-order valence-corrected chi connectivity index (χ1v) is 13.3. The second kappa shape index (κ2) is 8.73. The standard InChI is InChI=1S/C29H35ClN4/c1-20-8-9-23-17-22(19-31-28(23)34(20)25-6-3-7-25)5-4-14-33-15-12-29(13-16-33)21(2)32-27-11-10-24(30)18-26(27)29/h10-11,17-19,25,32H,1-9,12-16H2. The van der Waals surface area contributed by atoms with E-state index in [4.69, 9.17) is 16.6 Å². The minimum Gasteiger partial charge on any atom is -0.358 e. The summed E-state index contributed by atoms with van der Waals surface area (Å²) in [5, 5.41) is 4.34. The van der Waals surface area contributed by atoms with Crippen molar-refractivity contribution in [1.82, 2.24) is 9.88 Å². The van der Waals surface area contributed by atoms with Crippen LogP contribution in [0.1, 0.15) is 61.6 Å². The van der Waals surface area contributed by atoms with E-state index in [0.29, 0.717) is 6.04 Å². The molecule has 1 spiro atoms. The van der Waals surface area contributed by atoms with Crippen LogP contribution >= 0.6 is 11.6 Å². The molecule has 0 radical (unpaired) electrons. The number of pyridine rings is 1. The van der Waals surface area contributed by atoms with Gasteiger partial charge in [0.1, 0.15) is 5.82 Å². The van der Waals surface area contributed by atoms with Gasteiger partial charge in [-0.15, -0.1) is 0 Å². The first-order chi connectivity index (χ1) is 16.5. The van der Waals surface area contributed by atoms with Crippen molar-refractivity contribution in [2.75, 3.05) is 29.9 Å². The van der Waals surface area contributed by atoms with E-state index < -0.39 is 0 Å². The molecule has 4 heterocycles. The molecule has 1 aromatic heterocycles. The van der Waals surface area contributed by atoms with E-state index in [1.807, 2.05) is 6.07 Å². The molecule has 1 saturated heterocycles. The summed E-state index contributed by atoms with van der Waals surface area (Å²) in [6, 6.07) is 9.24. The van der Waals surface area contributed by atoms with E-state index in [-0.39, 0.29) is 5.41 Å². The summed E-state index contributed by atoms with van der Waals surface area (Å²) < 4.78 is 0. The molecule has 34 heavy (non-hydrogen) atoms. The summed E-state index contributed by atoms with van der Waals surface area (Å²) in [6.07, 6.45) is 12.6. The van der Waals surface area contributed by atoms with Gasteiger partial charge in [-0.25, -0.2) is 4.98 Å². The fourth-order valence-corrected chi connectivity index (χ4v) is 6.59. The van der Waals surface area contributed by atoms with Crippen molar-refractivity contribution in [2.24, 2.45) is 0 Å². The molecule has 1 N–H and O–H groups in total. The summed E-state index contributed by atoms with van der Waals surface area (Å²) in [5.74, 6) is 1.18. The highest BCUT2D eigenvalue weighted by molar-refractivity contribution is 6.30. The van der Waals surface area contributed by atoms with E-state index in [1.165, 1.54) is 59.6 Å². The normalized spacial score (nSPS) is 21.9. The molecule has 2 fully saturated rings. The van der Waals surface area contributed by atoms with Crippen LogP contribution in [0.5, 0.6) is 0 Å². The lowest BCUT2D eigenvalue weighted by Gasteiger charge is -2.42. The Kier molecular flexibility index (Phi) is 5.69. The minimum atomic E-state index is 0.0372. The largest absolute Gasteiger partial charge is 0.358 e. The Labute approximate surface area is 208 Å². The Bertz CT molecular complexity index is 1130. The molecule has 1 saturated carbocycles. The zero-order valence-electron chi connectivity index (χ0n) is 20.1. The molecule has 1 aromatic carbocycles. The molecule has 178 valence electrons. The Morgan fingerprint density at radius 3 is 2.71 bits per heavy atom. The number of likely N-dealkylation sites (tertiary alicyclic amines) is 1. The number of hydrogen-bond acceptors (Lipinski definition) is 4. The molecule has 3 aliphatic heterocycles. The number of fused-ring (bicyclic) bond motifs is 3. The monoisotopic (exact) mass is 474 g/mol. The third-order valence-corrected chi connectivity index (χ3v) is 8.94. The third kappa shape index (κ3) is 3.76. The minimum absolute atomic E-state index is 0.0372. The molecule has 5 heteroatoms. The van der Waals surface area contributed by atoms with Crippen molar-refractivity contribution in [3.63, 3.8) is 0 Å². The number of aromatic nitrogens is 1. The van der Waals surface area contributed by atoms with Crippen LogP contribution in [0.15, 0.2) is 55.0 Å². The average molecular weight is 475 g/mol. The number of piperidine rings is 1. The van der Waals surface area contributed by atoms with Crippen LogP contribution < -0.4 is 10.2 Å². The van der Waals surface area contributed by atoms with Crippen molar-refractivity contribution in [2.45, 2.75) is 69.2 Å². The second-order valence-electron chi connectivity index (χ2n) is 10.7. The molecule has 0 atom stereocenters. The second-order valence-corrected chi connectivity index (χ2v) is 11.1. The van der Waals surface area contributed by atoms with Gasteiger partial charge in [0, 0.05) is 39.8 Å². The van der Waals surface area contributed by atoms with E-state index in [0.717, 1.165) is 62.5 Å². The molecule has 4 aliphatic rings. The fraction of sp³-hybridized carbons (Fsp3) is 0.483. The van der Waals surface area contributed by atoms with Gasteiger partial charge in [-0.2, -0.15) is 0 Å². The summed E-state index contributed by atoms with van der Waals surface area (Å²) in [4.78, 5) is 9.99. The highest BCUT2D eigenvalue weighted by Gasteiger charge is 2.44. The number of aryl methyl sites for hydroxylation is 2. The Hall–Kier alpha value is -2.30. The van der Waals surface area contributed by atoms with Gasteiger partial charge >= 0.3 is 0 Å². The third-order valence-electron chi connectivity index (χ3n) is 8.70. The van der Waals surface area contributed by atoms with Crippen LogP contribution in [0, 0.1) is 0 Å². The van der Waals surface area contributed by atoms with Crippen molar-refractivity contribution >= 4 is 23.1 Å². The Balaban J connectivity index is 1.05. The van der Waals surface area contributed by atoms with Gasteiger partial charge in [-0.1, -0.05) is 30.8 Å². The van der Waals surface area contributed by atoms with Gasteiger partial charge < -0.3 is 15.1 Å². The Morgan fingerprint density at radius 2 is 1.94 bits per heavy atom. The maximum absolute atomic E-state index is 6.33. The SMILES string of the molecule is C=C1CCc2cc(CCCN3CCC4(CC3)C(=C)Nc3ccc(Cl)cc34)cnc2N1C1CCC1. The van der Waals surface area contributed by atoms with E-state index in [9.17, 15) is 0 Å². The van der Waals surface area contributed by atoms with Crippen LogP contribution in [0.4, 0.5) is 11.5 Å². The molecule has 2 aromatic rings. The number of anilines is 2. The molecule has 0 unspecified atom stereocenters. The lowest BCUT2D eigenvalue weighted by atomic mass is 9.72. The summed E-state index contributed by atoms with van der Waals surface area (Å²) >= 11 is 6.33. The number of halogens is 1. The summed E-state index contributed by atoms with van der Waals surface area (Å²) in [6.45, 7) is 12.1. The first-order valence-electron chi connectivity index (χ1n) is 13.0. The number of nitrogens with one attached hydrogen (secondary N) is 1. The predicted octanol–water partition coefficient (Wildman–Crippen LogP) is 6.46. The molecule has 1 aliphatic carbocycles. The molecule has 0 bridgehead atoms. The topological polar surface area (TPSA) is 31.4 Å². The summed E-state index contributed by atoms with van der Waals surface area (Å²) in [5.41, 5.74) is 7.75. The van der Waals surface area contributed by atoms with Crippen molar-refractivity contribution in [3.05, 3.63) is 76.7 Å². The highest BCUT2D eigenvalue weighted by atomic mass is 35.5. The van der Waals surface area contributed by atoms with Crippen molar-refractivity contribution in [3.8, 4) is 0 Å². The first kappa shape index (κ1) is 22.2. The average Bonchev–Trinajstić information content (AvgIpc) is 3.06. The van der Waals surface area contributed by atoms with Crippen LogP contribution in [0.3, 0.4) is 0 Å². The summed E-state index contributed by atoms with van der Waals surface area (Å²) in [7, 11) is 0. The molecule has 0 amide bonds. The van der Waals surface area contributed by atoms with Gasteiger partial charge in [-0.05, 0) is 112 Å². The van der Waals surface area contributed by atoms with Gasteiger partial charge in [0.2, 0.25) is 0 Å². The molecule has 4 nitrogen and oxygen atoms in total. The molecule has 6 rings (SSSR count). The number of rotatable bonds is 5. The van der Waals surface area contributed by atoms with Crippen LogP contribution in [0.25, 0.3) is 0 Å². The number of benzene rings is 1. The smallest absolute Gasteiger partial charge is 0.136 e. The zero-order chi connectivity index (χ0) is 23.3. The van der Waals surface area contributed by atoms with Crippen LogP contribution in [-0.4, -0.2) is 35.6 Å². The number of hydrogen-bond donors (Lipinski definition) is 1. The fourth-order valence-electron chi connectivity index (χ4n) is 6.42. The molecular weight excluding hydrogens is 440 g/mol. The quantitative estimate of drug-likeness (QED) is 0.538. The maximum atomic E-state index is 6.33. The van der Waals surface area contributed by atoms with Gasteiger partial charge in [0.25, 0.3) is 0 Å². The van der Waals surface area contributed by atoms with E-state index in [2.05, 4.69) is 52.7 Å². The van der Waals surface area contributed by atoms with Crippen LogP contribution in [0.2, 0.25) is 5.02 Å². The van der Waals surface area contributed by atoms with Crippen molar-refractivity contribution in [1.29, 1.82) is 0 Å². The lowest BCUT2D eigenvalue weighted by molar-refractivity contribution is 0.179. The van der Waals surface area contributed by atoms with Crippen LogP contribution in [-0.2, 0) is 18.3 Å². The number of nitrogens with zero attached hydrogens (tertiary/aromatic N) is 3.